The van der Waals surface area contributed by atoms with Crippen molar-refractivity contribution in [2.75, 3.05) is 19.0 Å². The van der Waals surface area contributed by atoms with Gasteiger partial charge in [0.2, 0.25) is 5.91 Å². The highest BCUT2D eigenvalue weighted by molar-refractivity contribution is 5.94. The largest absolute Gasteiger partial charge is 0.494 e. The Morgan fingerprint density at radius 2 is 1.77 bits per heavy atom. The molecule has 4 nitrogen and oxygen atoms in total. The van der Waals surface area contributed by atoms with E-state index in [9.17, 15) is 18.0 Å². The molecule has 0 aliphatic rings. The molecular formula is C19H21F3N2O2. The number of carbonyl (C=O) groups is 1. The van der Waals surface area contributed by atoms with Crippen LogP contribution in [0.3, 0.4) is 0 Å². The van der Waals surface area contributed by atoms with E-state index in [4.69, 9.17) is 4.74 Å². The molecule has 2 aromatic carbocycles. The Morgan fingerprint density at radius 1 is 1.12 bits per heavy atom. The van der Waals surface area contributed by atoms with Crippen LogP contribution in [0.5, 0.6) is 5.75 Å². The normalized spacial score (nSPS) is 12.1. The van der Waals surface area contributed by atoms with Gasteiger partial charge in [0.1, 0.15) is 5.75 Å². The molecule has 1 amide bonds. The molecule has 0 saturated carbocycles. The highest BCUT2D eigenvalue weighted by atomic mass is 19.2. The molecule has 0 heterocycles. The number of halogens is 3. The van der Waals surface area contributed by atoms with Crippen LogP contribution >= 0.6 is 0 Å². The average molecular weight is 366 g/mol. The fraction of sp³-hybridized carbons (Fsp3) is 0.316. The minimum atomic E-state index is -1.61. The van der Waals surface area contributed by atoms with Crippen molar-refractivity contribution in [2.45, 2.75) is 26.4 Å². The number of amides is 1. The molecule has 0 spiro atoms. The van der Waals surface area contributed by atoms with Gasteiger partial charge in [-0.15, -0.1) is 0 Å². The summed E-state index contributed by atoms with van der Waals surface area (Å²) in [4.78, 5) is 14.0. The highest BCUT2D eigenvalue weighted by Gasteiger charge is 2.21. The van der Waals surface area contributed by atoms with E-state index in [-0.39, 0.29) is 0 Å². The number of ether oxygens (including phenoxy) is 1. The van der Waals surface area contributed by atoms with E-state index in [1.54, 1.807) is 18.9 Å². The SMILES string of the molecule is CCOc1ccc(CN(C)[C@H](C)C(=O)Nc2ccc(F)c(F)c2F)cc1. The molecule has 0 bridgehead atoms. The molecule has 0 unspecified atom stereocenters. The number of carbonyl (C=O) groups excluding carboxylic acids is 1. The minimum Gasteiger partial charge on any atom is -0.494 e. The predicted octanol–water partition coefficient (Wildman–Crippen LogP) is 3.96. The van der Waals surface area contributed by atoms with Crippen LogP contribution in [0.25, 0.3) is 0 Å². The molecule has 0 radical (unpaired) electrons. The lowest BCUT2D eigenvalue weighted by molar-refractivity contribution is -0.120. The van der Waals surface area contributed by atoms with Gasteiger partial charge in [-0.1, -0.05) is 12.1 Å². The van der Waals surface area contributed by atoms with Crippen LogP contribution in [-0.2, 0) is 11.3 Å². The number of likely N-dealkylation sites (N-methyl/N-ethyl adjacent to an activating group) is 1. The topological polar surface area (TPSA) is 41.6 Å². The second-order valence-corrected chi connectivity index (χ2v) is 5.88. The van der Waals surface area contributed by atoms with Gasteiger partial charge in [0.25, 0.3) is 0 Å². The summed E-state index contributed by atoms with van der Waals surface area (Å²) in [7, 11) is 1.74. The van der Waals surface area contributed by atoms with Crippen molar-refractivity contribution in [3.63, 3.8) is 0 Å². The number of benzene rings is 2. The first-order valence-electron chi connectivity index (χ1n) is 8.19. The van der Waals surface area contributed by atoms with E-state index >= 15 is 0 Å². The van der Waals surface area contributed by atoms with Gasteiger partial charge >= 0.3 is 0 Å². The maximum absolute atomic E-state index is 13.7. The Kier molecular flexibility index (Phi) is 6.63. The zero-order chi connectivity index (χ0) is 19.3. The van der Waals surface area contributed by atoms with Crippen LogP contribution in [0.15, 0.2) is 36.4 Å². The zero-order valence-corrected chi connectivity index (χ0v) is 14.9. The number of nitrogens with zero attached hydrogens (tertiary/aromatic N) is 1. The lowest BCUT2D eigenvalue weighted by Crippen LogP contribution is -2.39. The molecule has 0 aromatic heterocycles. The van der Waals surface area contributed by atoms with Crippen LogP contribution in [0.2, 0.25) is 0 Å². The standard InChI is InChI=1S/C19H21F3N2O2/c1-4-26-14-7-5-13(6-8-14)11-24(3)12(2)19(25)23-16-10-9-15(20)17(21)18(16)22/h5-10,12H,4,11H2,1-3H3,(H,23,25)/t12-/m1/s1. The van der Waals surface area contributed by atoms with E-state index in [1.807, 2.05) is 31.2 Å². The van der Waals surface area contributed by atoms with Gasteiger partial charge in [0, 0.05) is 6.54 Å². The summed E-state index contributed by atoms with van der Waals surface area (Å²) >= 11 is 0. The summed E-state index contributed by atoms with van der Waals surface area (Å²) in [5, 5.41) is 2.29. The first-order valence-corrected chi connectivity index (χ1v) is 8.19. The van der Waals surface area contributed by atoms with Gasteiger partial charge in [0.15, 0.2) is 17.5 Å². The molecule has 0 fully saturated rings. The summed E-state index contributed by atoms with van der Waals surface area (Å²) in [5.74, 6) is -4.10. The smallest absolute Gasteiger partial charge is 0.241 e. The lowest BCUT2D eigenvalue weighted by atomic mass is 10.1. The Morgan fingerprint density at radius 3 is 2.38 bits per heavy atom. The number of rotatable bonds is 7. The first-order chi connectivity index (χ1) is 12.3. The van der Waals surface area contributed by atoms with Gasteiger partial charge in [0.05, 0.1) is 18.3 Å². The van der Waals surface area contributed by atoms with E-state index in [2.05, 4.69) is 5.32 Å². The van der Waals surface area contributed by atoms with E-state index in [0.29, 0.717) is 13.2 Å². The van der Waals surface area contributed by atoms with Gasteiger partial charge in [-0.3, -0.25) is 9.69 Å². The number of anilines is 1. The van der Waals surface area contributed by atoms with Crippen LogP contribution in [0.4, 0.5) is 18.9 Å². The Labute approximate surface area is 150 Å². The number of hydrogen-bond acceptors (Lipinski definition) is 3. The number of hydrogen-bond donors (Lipinski definition) is 1. The van der Waals surface area contributed by atoms with Crippen molar-refractivity contribution >= 4 is 11.6 Å². The molecule has 2 rings (SSSR count). The molecule has 0 aliphatic heterocycles. The van der Waals surface area contributed by atoms with Crippen molar-refractivity contribution in [1.29, 1.82) is 0 Å². The van der Waals surface area contributed by atoms with Crippen LogP contribution in [0, 0.1) is 17.5 Å². The highest BCUT2D eigenvalue weighted by Crippen LogP contribution is 2.20. The summed E-state index contributed by atoms with van der Waals surface area (Å²) in [6.07, 6.45) is 0. The summed E-state index contributed by atoms with van der Waals surface area (Å²) in [5.41, 5.74) is 0.574. The van der Waals surface area contributed by atoms with E-state index in [1.165, 1.54) is 0 Å². The van der Waals surface area contributed by atoms with Crippen LogP contribution in [0.1, 0.15) is 19.4 Å². The maximum Gasteiger partial charge on any atom is 0.241 e. The van der Waals surface area contributed by atoms with E-state index in [0.717, 1.165) is 23.4 Å². The van der Waals surface area contributed by atoms with Crippen molar-refractivity contribution in [3.05, 3.63) is 59.4 Å². The lowest BCUT2D eigenvalue weighted by Gasteiger charge is -2.24. The molecule has 1 atom stereocenters. The summed E-state index contributed by atoms with van der Waals surface area (Å²) in [6.45, 7) is 4.59. The third-order valence-electron chi connectivity index (χ3n) is 4.00. The van der Waals surface area contributed by atoms with Gasteiger partial charge in [-0.2, -0.15) is 0 Å². The second-order valence-electron chi connectivity index (χ2n) is 5.88. The Bertz CT molecular complexity index is 766. The monoisotopic (exact) mass is 366 g/mol. The summed E-state index contributed by atoms with van der Waals surface area (Å²) in [6, 6.07) is 8.60. The predicted molar refractivity (Wildman–Crippen MR) is 93.5 cm³/mol. The average Bonchev–Trinajstić information content (AvgIpc) is 2.63. The molecule has 0 saturated heterocycles. The second kappa shape index (κ2) is 8.71. The minimum absolute atomic E-state index is 0.393. The maximum atomic E-state index is 13.7. The molecule has 1 N–H and O–H groups in total. The van der Waals surface area contributed by atoms with Crippen molar-refractivity contribution in [3.8, 4) is 5.75 Å². The van der Waals surface area contributed by atoms with Crippen molar-refractivity contribution in [1.82, 2.24) is 4.90 Å². The fourth-order valence-corrected chi connectivity index (χ4v) is 2.34. The molecule has 7 heteroatoms. The van der Waals surface area contributed by atoms with E-state index < -0.39 is 35.1 Å². The van der Waals surface area contributed by atoms with Gasteiger partial charge in [-0.25, -0.2) is 13.2 Å². The third-order valence-corrected chi connectivity index (χ3v) is 4.00. The van der Waals surface area contributed by atoms with Crippen LogP contribution in [-0.4, -0.2) is 30.5 Å². The molecular weight excluding hydrogens is 345 g/mol. The zero-order valence-electron chi connectivity index (χ0n) is 14.9. The van der Waals surface area contributed by atoms with Gasteiger partial charge < -0.3 is 10.1 Å². The molecule has 0 aliphatic carbocycles. The molecule has 140 valence electrons. The fourth-order valence-electron chi connectivity index (χ4n) is 2.34. The van der Waals surface area contributed by atoms with Crippen molar-refractivity contribution in [2.24, 2.45) is 0 Å². The Balaban J connectivity index is 1.99. The number of nitrogens with one attached hydrogen (secondary N) is 1. The van der Waals surface area contributed by atoms with Crippen molar-refractivity contribution < 1.29 is 22.7 Å². The third kappa shape index (κ3) is 4.76. The van der Waals surface area contributed by atoms with Gasteiger partial charge in [-0.05, 0) is 50.7 Å². The quantitative estimate of drug-likeness (QED) is 0.754. The molecule has 26 heavy (non-hydrogen) atoms. The first kappa shape index (κ1) is 19.8. The summed E-state index contributed by atoms with van der Waals surface area (Å²) < 4.78 is 45.3. The van der Waals surface area contributed by atoms with Crippen LogP contribution < -0.4 is 10.1 Å². The molecule has 2 aromatic rings. The Hall–Kier alpha value is -2.54.